The second-order valence-electron chi connectivity index (χ2n) is 4.70. The smallest absolute Gasteiger partial charge is 0.224 e. The van der Waals surface area contributed by atoms with Gasteiger partial charge in [0.1, 0.15) is 12.0 Å². The fourth-order valence-electron chi connectivity index (χ4n) is 2.42. The van der Waals surface area contributed by atoms with Crippen molar-refractivity contribution < 1.29 is 0 Å². The van der Waals surface area contributed by atoms with E-state index in [4.69, 9.17) is 0 Å². The Labute approximate surface area is 120 Å². The van der Waals surface area contributed by atoms with Crippen molar-refractivity contribution in [2.24, 2.45) is 0 Å². The third-order valence-electron chi connectivity index (χ3n) is 3.47. The molecule has 0 aliphatic heterocycles. The highest BCUT2D eigenvalue weighted by Crippen LogP contribution is 2.29. The lowest BCUT2D eigenvalue weighted by atomic mass is 10.0. The number of nitrogens with zero attached hydrogens (tertiary/aromatic N) is 4. The maximum absolute atomic E-state index is 4.40. The normalized spacial score (nSPS) is 11.1. The molecule has 0 atom stereocenters. The van der Waals surface area contributed by atoms with Crippen LogP contribution in [0, 0.1) is 0 Å². The molecule has 0 saturated carbocycles. The molecule has 1 aromatic carbocycles. The standard InChI is InChI=1S/C15H12N6/c1-16-15-19-7-12-11(6-18-14(12)21-15)9-2-3-13-10(4-9)5-17-8-20-13/h2-8H,1H3,(H2,16,18,19,21). The molecule has 6 nitrogen and oxygen atoms in total. The van der Waals surface area contributed by atoms with Gasteiger partial charge in [0.15, 0.2) is 0 Å². The van der Waals surface area contributed by atoms with Crippen molar-refractivity contribution in [1.82, 2.24) is 24.9 Å². The molecular formula is C15H12N6. The Kier molecular flexibility index (Phi) is 2.53. The number of aromatic nitrogens is 5. The molecule has 3 heterocycles. The summed E-state index contributed by atoms with van der Waals surface area (Å²) in [4.78, 5) is 20.2. The molecule has 0 radical (unpaired) electrons. The second-order valence-corrected chi connectivity index (χ2v) is 4.70. The first-order valence-corrected chi connectivity index (χ1v) is 6.57. The Bertz CT molecular complexity index is 943. The molecule has 0 fully saturated rings. The summed E-state index contributed by atoms with van der Waals surface area (Å²) in [5, 5.41) is 4.94. The van der Waals surface area contributed by atoms with Crippen LogP contribution in [-0.2, 0) is 0 Å². The first kappa shape index (κ1) is 11.8. The highest BCUT2D eigenvalue weighted by molar-refractivity contribution is 5.96. The van der Waals surface area contributed by atoms with Gasteiger partial charge < -0.3 is 10.3 Å². The molecule has 0 aliphatic rings. The first-order valence-electron chi connectivity index (χ1n) is 6.57. The molecule has 102 valence electrons. The molecule has 0 amide bonds. The number of fused-ring (bicyclic) bond motifs is 2. The van der Waals surface area contributed by atoms with E-state index < -0.39 is 0 Å². The Morgan fingerprint density at radius 1 is 1.14 bits per heavy atom. The number of benzene rings is 1. The summed E-state index contributed by atoms with van der Waals surface area (Å²) >= 11 is 0. The van der Waals surface area contributed by atoms with Gasteiger partial charge in [-0.2, -0.15) is 4.98 Å². The van der Waals surface area contributed by atoms with Crippen molar-refractivity contribution in [2.75, 3.05) is 12.4 Å². The van der Waals surface area contributed by atoms with E-state index in [2.05, 4.69) is 36.3 Å². The molecule has 4 rings (SSSR count). The van der Waals surface area contributed by atoms with Gasteiger partial charge in [0.25, 0.3) is 0 Å². The van der Waals surface area contributed by atoms with Crippen molar-refractivity contribution in [3.05, 3.63) is 43.1 Å². The van der Waals surface area contributed by atoms with Crippen LogP contribution >= 0.6 is 0 Å². The summed E-state index contributed by atoms with van der Waals surface area (Å²) in [5.74, 6) is 0.600. The SMILES string of the molecule is CNc1ncc2c(-c3ccc4ncncc4c3)c[nH]c2n1. The van der Waals surface area contributed by atoms with Crippen LogP contribution in [0.15, 0.2) is 43.1 Å². The highest BCUT2D eigenvalue weighted by Gasteiger charge is 2.09. The van der Waals surface area contributed by atoms with Crippen LogP contribution in [0.3, 0.4) is 0 Å². The average molecular weight is 276 g/mol. The van der Waals surface area contributed by atoms with Crippen LogP contribution in [0.1, 0.15) is 0 Å². The quantitative estimate of drug-likeness (QED) is 0.588. The fourth-order valence-corrected chi connectivity index (χ4v) is 2.42. The molecule has 4 aromatic rings. The van der Waals surface area contributed by atoms with Crippen LogP contribution < -0.4 is 5.32 Å². The van der Waals surface area contributed by atoms with Gasteiger partial charge in [-0.1, -0.05) is 6.07 Å². The lowest BCUT2D eigenvalue weighted by molar-refractivity contribution is 1.18. The maximum Gasteiger partial charge on any atom is 0.224 e. The second kappa shape index (κ2) is 4.52. The van der Waals surface area contributed by atoms with Gasteiger partial charge in [0.2, 0.25) is 5.95 Å². The minimum Gasteiger partial charge on any atom is -0.357 e. The van der Waals surface area contributed by atoms with Gasteiger partial charge >= 0.3 is 0 Å². The summed E-state index contributed by atoms with van der Waals surface area (Å²) < 4.78 is 0. The van der Waals surface area contributed by atoms with E-state index in [9.17, 15) is 0 Å². The van der Waals surface area contributed by atoms with E-state index in [1.54, 1.807) is 13.4 Å². The highest BCUT2D eigenvalue weighted by atomic mass is 15.1. The molecule has 0 spiro atoms. The van der Waals surface area contributed by atoms with E-state index >= 15 is 0 Å². The molecule has 6 heteroatoms. The number of anilines is 1. The monoisotopic (exact) mass is 276 g/mol. The molecule has 0 bridgehead atoms. The number of nitrogens with one attached hydrogen (secondary N) is 2. The summed E-state index contributed by atoms with van der Waals surface area (Å²) in [6.45, 7) is 0. The first-order chi connectivity index (χ1) is 10.3. The Balaban J connectivity index is 1.91. The number of aromatic amines is 1. The summed E-state index contributed by atoms with van der Waals surface area (Å²) in [6, 6.07) is 6.11. The van der Waals surface area contributed by atoms with Gasteiger partial charge in [0, 0.05) is 42.0 Å². The van der Waals surface area contributed by atoms with E-state index in [0.717, 1.165) is 33.1 Å². The number of hydrogen-bond donors (Lipinski definition) is 2. The zero-order chi connectivity index (χ0) is 14.2. The lowest BCUT2D eigenvalue weighted by Gasteiger charge is -2.02. The fraction of sp³-hybridized carbons (Fsp3) is 0.0667. The summed E-state index contributed by atoms with van der Waals surface area (Å²) in [5.41, 5.74) is 3.90. The van der Waals surface area contributed by atoms with Crippen molar-refractivity contribution in [3.8, 4) is 11.1 Å². The Hall–Kier alpha value is -3.02. The lowest BCUT2D eigenvalue weighted by Crippen LogP contribution is -1.95. The van der Waals surface area contributed by atoms with E-state index in [1.807, 2.05) is 30.7 Å². The maximum atomic E-state index is 4.40. The summed E-state index contributed by atoms with van der Waals surface area (Å²) in [6.07, 6.45) is 7.15. The van der Waals surface area contributed by atoms with Crippen LogP contribution in [0.2, 0.25) is 0 Å². The van der Waals surface area contributed by atoms with Crippen molar-refractivity contribution in [2.45, 2.75) is 0 Å². The predicted molar refractivity (Wildman–Crippen MR) is 82.0 cm³/mol. The molecule has 21 heavy (non-hydrogen) atoms. The third-order valence-corrected chi connectivity index (χ3v) is 3.47. The van der Waals surface area contributed by atoms with Gasteiger partial charge in [-0.25, -0.2) is 15.0 Å². The van der Waals surface area contributed by atoms with Gasteiger partial charge in [-0.15, -0.1) is 0 Å². The topological polar surface area (TPSA) is 79.4 Å². The molecule has 3 aromatic heterocycles. The molecule has 0 unspecified atom stereocenters. The number of rotatable bonds is 2. The average Bonchev–Trinajstić information content (AvgIpc) is 2.97. The van der Waals surface area contributed by atoms with Crippen LogP contribution in [0.25, 0.3) is 33.1 Å². The minimum atomic E-state index is 0.600. The molecule has 2 N–H and O–H groups in total. The van der Waals surface area contributed by atoms with Gasteiger partial charge in [0.05, 0.1) is 5.52 Å². The number of H-pyrrole nitrogens is 1. The van der Waals surface area contributed by atoms with Crippen LogP contribution in [0.5, 0.6) is 0 Å². The van der Waals surface area contributed by atoms with Crippen molar-refractivity contribution >= 4 is 27.9 Å². The third kappa shape index (κ3) is 1.88. The summed E-state index contributed by atoms with van der Waals surface area (Å²) in [7, 11) is 1.80. The largest absolute Gasteiger partial charge is 0.357 e. The zero-order valence-electron chi connectivity index (χ0n) is 11.3. The van der Waals surface area contributed by atoms with Crippen LogP contribution in [0.4, 0.5) is 5.95 Å². The molecule has 0 saturated heterocycles. The van der Waals surface area contributed by atoms with Crippen molar-refractivity contribution in [1.29, 1.82) is 0 Å². The van der Waals surface area contributed by atoms with E-state index in [-0.39, 0.29) is 0 Å². The van der Waals surface area contributed by atoms with Crippen LogP contribution in [-0.4, -0.2) is 32.0 Å². The van der Waals surface area contributed by atoms with E-state index in [0.29, 0.717) is 5.95 Å². The van der Waals surface area contributed by atoms with Gasteiger partial charge in [-0.05, 0) is 17.7 Å². The van der Waals surface area contributed by atoms with E-state index in [1.165, 1.54) is 0 Å². The molecular weight excluding hydrogens is 264 g/mol. The van der Waals surface area contributed by atoms with Gasteiger partial charge in [-0.3, -0.25) is 0 Å². The molecule has 0 aliphatic carbocycles. The number of hydrogen-bond acceptors (Lipinski definition) is 5. The zero-order valence-corrected chi connectivity index (χ0v) is 11.3. The predicted octanol–water partition coefficient (Wildman–Crippen LogP) is 2.61. The Morgan fingerprint density at radius 2 is 2.10 bits per heavy atom. The minimum absolute atomic E-state index is 0.600. The van der Waals surface area contributed by atoms with Crippen molar-refractivity contribution in [3.63, 3.8) is 0 Å². The Morgan fingerprint density at radius 3 is 3.00 bits per heavy atom.